The minimum Gasteiger partial charge on any atom is -0.338 e. The molecule has 0 amide bonds. The molecule has 22 heavy (non-hydrogen) atoms. The van der Waals surface area contributed by atoms with E-state index in [1.165, 1.54) is 5.56 Å². The summed E-state index contributed by atoms with van der Waals surface area (Å²) < 4.78 is 0. The zero-order valence-corrected chi connectivity index (χ0v) is 12.0. The van der Waals surface area contributed by atoms with Gasteiger partial charge in [-0.15, -0.1) is 0 Å². The average molecular weight is 285 g/mol. The van der Waals surface area contributed by atoms with Gasteiger partial charge in [0.25, 0.3) is 0 Å². The van der Waals surface area contributed by atoms with Crippen molar-refractivity contribution in [1.82, 2.24) is 10.2 Å². The van der Waals surface area contributed by atoms with E-state index in [9.17, 15) is 0 Å². The maximum Gasteiger partial charge on any atom is 0.160 e. The van der Waals surface area contributed by atoms with Gasteiger partial charge in [0.2, 0.25) is 0 Å². The van der Waals surface area contributed by atoms with E-state index in [0.717, 1.165) is 28.0 Å². The first-order valence-electron chi connectivity index (χ1n) is 7.26. The molecule has 106 valence electrons. The van der Waals surface area contributed by atoms with E-state index in [1.54, 1.807) is 0 Å². The van der Waals surface area contributed by atoms with E-state index in [0.29, 0.717) is 0 Å². The molecular formula is C19H15N3. The smallest absolute Gasteiger partial charge is 0.160 e. The Morgan fingerprint density at radius 2 is 1.45 bits per heavy atom. The third-order valence-corrected chi connectivity index (χ3v) is 3.74. The number of para-hydroxylation sites is 2. The molecule has 0 aliphatic heterocycles. The maximum absolute atomic E-state index is 4.39. The van der Waals surface area contributed by atoms with Crippen LogP contribution in [-0.4, -0.2) is 10.2 Å². The third-order valence-electron chi connectivity index (χ3n) is 3.74. The van der Waals surface area contributed by atoms with Crippen LogP contribution in [0, 0.1) is 0 Å². The van der Waals surface area contributed by atoms with Gasteiger partial charge in [0.15, 0.2) is 5.82 Å². The van der Waals surface area contributed by atoms with Crippen LogP contribution < -0.4 is 5.32 Å². The second kappa shape index (κ2) is 5.37. The quantitative estimate of drug-likeness (QED) is 0.557. The topological polar surface area (TPSA) is 40.7 Å². The second-order valence-corrected chi connectivity index (χ2v) is 5.15. The molecule has 0 unspecified atom stereocenters. The molecule has 0 spiro atoms. The largest absolute Gasteiger partial charge is 0.338 e. The first-order chi connectivity index (χ1) is 10.9. The first-order valence-corrected chi connectivity index (χ1v) is 7.26. The fourth-order valence-corrected chi connectivity index (χ4v) is 2.65. The maximum atomic E-state index is 4.39. The molecule has 1 aromatic heterocycles. The van der Waals surface area contributed by atoms with Crippen molar-refractivity contribution in [2.24, 2.45) is 0 Å². The molecule has 1 heterocycles. The van der Waals surface area contributed by atoms with Crippen LogP contribution in [0.15, 0.2) is 78.9 Å². The van der Waals surface area contributed by atoms with Gasteiger partial charge < -0.3 is 5.32 Å². The molecule has 4 rings (SSSR count). The predicted molar refractivity (Wildman–Crippen MR) is 91.3 cm³/mol. The van der Waals surface area contributed by atoms with Crippen molar-refractivity contribution in [3.8, 4) is 11.1 Å². The normalized spacial score (nSPS) is 10.7. The molecule has 0 saturated carbocycles. The number of aromatic nitrogens is 2. The van der Waals surface area contributed by atoms with Gasteiger partial charge in [0.1, 0.15) is 0 Å². The van der Waals surface area contributed by atoms with E-state index in [2.05, 4.69) is 64.0 Å². The minimum atomic E-state index is 0.846. The Balaban J connectivity index is 1.78. The van der Waals surface area contributed by atoms with Crippen molar-refractivity contribution in [3.05, 3.63) is 78.9 Å². The summed E-state index contributed by atoms with van der Waals surface area (Å²) in [7, 11) is 0. The fraction of sp³-hybridized carbons (Fsp3) is 0. The molecule has 3 aromatic carbocycles. The zero-order valence-electron chi connectivity index (χ0n) is 12.0. The van der Waals surface area contributed by atoms with Crippen LogP contribution in [0.3, 0.4) is 0 Å². The van der Waals surface area contributed by atoms with Crippen LogP contribution in [-0.2, 0) is 0 Å². The Morgan fingerprint density at radius 3 is 2.36 bits per heavy atom. The van der Waals surface area contributed by atoms with Crippen molar-refractivity contribution in [2.45, 2.75) is 0 Å². The highest BCUT2D eigenvalue weighted by atomic mass is 15.2. The highest BCUT2D eigenvalue weighted by Gasteiger charge is 2.08. The SMILES string of the molecule is c1ccc(-c2ccccc2Nc2n[nH]c3ccccc23)cc1. The molecule has 4 aromatic rings. The van der Waals surface area contributed by atoms with Gasteiger partial charge >= 0.3 is 0 Å². The van der Waals surface area contributed by atoms with Crippen LogP contribution in [0.4, 0.5) is 11.5 Å². The van der Waals surface area contributed by atoms with Gasteiger partial charge in [0.05, 0.1) is 5.52 Å². The molecule has 3 heteroatoms. The number of rotatable bonds is 3. The minimum absolute atomic E-state index is 0.846. The van der Waals surface area contributed by atoms with Gasteiger partial charge in [-0.1, -0.05) is 60.7 Å². The van der Waals surface area contributed by atoms with Gasteiger partial charge in [-0.2, -0.15) is 5.10 Å². The second-order valence-electron chi connectivity index (χ2n) is 5.15. The molecule has 0 fully saturated rings. The zero-order chi connectivity index (χ0) is 14.8. The average Bonchev–Trinajstić information content (AvgIpc) is 2.99. The van der Waals surface area contributed by atoms with Gasteiger partial charge in [0, 0.05) is 16.6 Å². The van der Waals surface area contributed by atoms with E-state index in [-0.39, 0.29) is 0 Å². The summed E-state index contributed by atoms with van der Waals surface area (Å²) in [5, 5.41) is 12.0. The summed E-state index contributed by atoms with van der Waals surface area (Å²) in [5.41, 5.74) is 4.42. The Morgan fingerprint density at radius 1 is 0.727 bits per heavy atom. The molecular weight excluding hydrogens is 270 g/mol. The number of benzene rings is 3. The number of nitrogens with one attached hydrogen (secondary N) is 2. The lowest BCUT2D eigenvalue weighted by molar-refractivity contribution is 1.12. The predicted octanol–water partition coefficient (Wildman–Crippen LogP) is 4.97. The van der Waals surface area contributed by atoms with Crippen molar-refractivity contribution in [1.29, 1.82) is 0 Å². The summed E-state index contributed by atoms with van der Waals surface area (Å²) in [4.78, 5) is 0. The Bertz CT molecular complexity index is 910. The number of aromatic amines is 1. The molecule has 0 bridgehead atoms. The molecule has 3 nitrogen and oxygen atoms in total. The monoisotopic (exact) mass is 285 g/mol. The number of nitrogens with zero attached hydrogens (tertiary/aromatic N) is 1. The number of anilines is 2. The third kappa shape index (κ3) is 2.23. The number of H-pyrrole nitrogens is 1. The summed E-state index contributed by atoms with van der Waals surface area (Å²) in [6.45, 7) is 0. The lowest BCUT2D eigenvalue weighted by Crippen LogP contribution is -1.94. The molecule has 2 N–H and O–H groups in total. The lowest BCUT2D eigenvalue weighted by Gasteiger charge is -2.10. The highest BCUT2D eigenvalue weighted by molar-refractivity contribution is 5.93. The van der Waals surface area contributed by atoms with E-state index in [1.807, 2.05) is 30.3 Å². The van der Waals surface area contributed by atoms with Crippen LogP contribution in [0.1, 0.15) is 0 Å². The Kier molecular flexibility index (Phi) is 3.09. The van der Waals surface area contributed by atoms with Gasteiger partial charge in [-0.25, -0.2) is 0 Å². The van der Waals surface area contributed by atoms with E-state index in [4.69, 9.17) is 0 Å². The van der Waals surface area contributed by atoms with E-state index < -0.39 is 0 Å². The van der Waals surface area contributed by atoms with E-state index >= 15 is 0 Å². The number of hydrogen-bond acceptors (Lipinski definition) is 2. The summed E-state index contributed by atoms with van der Waals surface area (Å²) >= 11 is 0. The summed E-state index contributed by atoms with van der Waals surface area (Å²) in [6.07, 6.45) is 0. The Labute approximate surface area is 128 Å². The van der Waals surface area contributed by atoms with Crippen molar-refractivity contribution >= 4 is 22.4 Å². The molecule has 0 aliphatic rings. The standard InChI is InChI=1S/C19H15N3/c1-2-8-14(9-3-1)15-10-4-6-12-17(15)20-19-16-11-5-7-13-18(16)21-22-19/h1-13H,(H2,20,21,22). The summed E-state index contributed by atoms with van der Waals surface area (Å²) in [5.74, 6) is 0.846. The first kappa shape index (κ1) is 12.7. The van der Waals surface area contributed by atoms with Crippen molar-refractivity contribution in [3.63, 3.8) is 0 Å². The van der Waals surface area contributed by atoms with Gasteiger partial charge in [-0.05, 0) is 23.8 Å². The number of fused-ring (bicyclic) bond motifs is 1. The molecule has 0 atom stereocenters. The van der Waals surface area contributed by atoms with Crippen LogP contribution in [0.2, 0.25) is 0 Å². The van der Waals surface area contributed by atoms with Gasteiger partial charge in [-0.3, -0.25) is 5.10 Å². The molecule has 0 saturated heterocycles. The van der Waals surface area contributed by atoms with Crippen LogP contribution in [0.5, 0.6) is 0 Å². The number of hydrogen-bond donors (Lipinski definition) is 2. The van der Waals surface area contributed by atoms with Crippen LogP contribution >= 0.6 is 0 Å². The highest BCUT2D eigenvalue weighted by Crippen LogP contribution is 2.31. The summed E-state index contributed by atoms with van der Waals surface area (Å²) in [6, 6.07) is 26.7. The Hall–Kier alpha value is -3.07. The lowest BCUT2D eigenvalue weighted by atomic mass is 10.0. The van der Waals surface area contributed by atoms with Crippen molar-refractivity contribution < 1.29 is 0 Å². The molecule has 0 aliphatic carbocycles. The van der Waals surface area contributed by atoms with Crippen molar-refractivity contribution in [2.75, 3.05) is 5.32 Å². The molecule has 0 radical (unpaired) electrons. The van der Waals surface area contributed by atoms with Crippen LogP contribution in [0.25, 0.3) is 22.0 Å². The fourth-order valence-electron chi connectivity index (χ4n) is 2.65.